The van der Waals surface area contributed by atoms with Crippen molar-refractivity contribution in [3.05, 3.63) is 33.9 Å². The number of aromatic nitrogens is 3. The van der Waals surface area contributed by atoms with Gasteiger partial charge in [0.2, 0.25) is 0 Å². The van der Waals surface area contributed by atoms with Crippen LogP contribution < -0.4 is 0 Å². The second-order valence-electron chi connectivity index (χ2n) is 3.56. The van der Waals surface area contributed by atoms with Crippen LogP contribution in [-0.2, 0) is 7.05 Å². The van der Waals surface area contributed by atoms with E-state index in [4.69, 9.17) is 11.6 Å². The van der Waals surface area contributed by atoms with Crippen molar-refractivity contribution < 1.29 is 0 Å². The fourth-order valence-corrected chi connectivity index (χ4v) is 2.92. The first-order valence-electron chi connectivity index (χ1n) is 4.74. The number of nitrogens with zero attached hydrogens (tertiary/aromatic N) is 3. The van der Waals surface area contributed by atoms with Crippen LogP contribution in [0, 0.1) is 0 Å². The summed E-state index contributed by atoms with van der Waals surface area (Å²) in [7, 11) is 1.86. The molecule has 2 aromatic heterocycles. The summed E-state index contributed by atoms with van der Waals surface area (Å²) >= 11 is 9.89. The maximum atomic E-state index is 6.40. The summed E-state index contributed by atoms with van der Waals surface area (Å²) in [4.78, 5) is 4.52. The van der Waals surface area contributed by atoms with E-state index >= 15 is 0 Å². The Morgan fingerprint density at radius 2 is 2.12 bits per heavy atom. The number of fused-ring (bicyclic) bond motifs is 2. The summed E-state index contributed by atoms with van der Waals surface area (Å²) < 4.78 is 2.69. The van der Waals surface area contributed by atoms with E-state index in [2.05, 4.69) is 26.0 Å². The molecule has 0 N–H and O–H groups in total. The minimum absolute atomic E-state index is 0.687. The SMILES string of the molecule is Cn1ncc2nc3cccc(Br)c3c(Cl)c21. The number of aryl methyl sites for hydroxylation is 1. The van der Waals surface area contributed by atoms with Gasteiger partial charge in [0.25, 0.3) is 0 Å². The van der Waals surface area contributed by atoms with Gasteiger partial charge in [-0.3, -0.25) is 4.68 Å². The standard InChI is InChI=1S/C11H7BrClN3/c1-16-11-8(5-14-16)15-7-4-2-3-6(12)9(7)10(11)13/h2-5H,1H3. The fourth-order valence-electron chi connectivity index (χ4n) is 1.83. The minimum atomic E-state index is 0.687. The van der Waals surface area contributed by atoms with E-state index in [1.807, 2.05) is 25.2 Å². The molecule has 0 amide bonds. The molecule has 80 valence electrons. The third-order valence-corrected chi connectivity index (χ3v) is 3.61. The molecule has 0 unspecified atom stereocenters. The Morgan fingerprint density at radius 1 is 1.31 bits per heavy atom. The molecule has 0 radical (unpaired) electrons. The van der Waals surface area contributed by atoms with Crippen LogP contribution in [0.25, 0.3) is 21.9 Å². The Labute approximate surface area is 105 Å². The molecule has 2 heterocycles. The van der Waals surface area contributed by atoms with Gasteiger partial charge in [-0.25, -0.2) is 4.98 Å². The molecule has 16 heavy (non-hydrogen) atoms. The number of hydrogen-bond donors (Lipinski definition) is 0. The molecule has 0 aliphatic carbocycles. The Balaban J connectivity index is 2.64. The van der Waals surface area contributed by atoms with Crippen molar-refractivity contribution in [2.75, 3.05) is 0 Å². The van der Waals surface area contributed by atoms with E-state index in [0.717, 1.165) is 26.4 Å². The van der Waals surface area contributed by atoms with E-state index < -0.39 is 0 Å². The van der Waals surface area contributed by atoms with Crippen LogP contribution in [0.2, 0.25) is 5.02 Å². The molecule has 0 aliphatic rings. The molecule has 0 atom stereocenters. The van der Waals surface area contributed by atoms with Crippen molar-refractivity contribution in [2.45, 2.75) is 0 Å². The van der Waals surface area contributed by atoms with Crippen molar-refractivity contribution in [2.24, 2.45) is 7.05 Å². The lowest BCUT2D eigenvalue weighted by Crippen LogP contribution is -1.91. The zero-order valence-corrected chi connectivity index (χ0v) is 10.7. The maximum Gasteiger partial charge on any atom is 0.111 e. The highest BCUT2D eigenvalue weighted by atomic mass is 79.9. The van der Waals surface area contributed by atoms with Gasteiger partial charge in [-0.15, -0.1) is 0 Å². The number of hydrogen-bond acceptors (Lipinski definition) is 2. The zero-order valence-electron chi connectivity index (χ0n) is 8.41. The van der Waals surface area contributed by atoms with Gasteiger partial charge < -0.3 is 0 Å². The van der Waals surface area contributed by atoms with Gasteiger partial charge in [-0.1, -0.05) is 33.6 Å². The summed E-state index contributed by atoms with van der Waals surface area (Å²) in [6.07, 6.45) is 1.72. The average Bonchev–Trinajstić information content (AvgIpc) is 2.60. The fraction of sp³-hybridized carbons (Fsp3) is 0.0909. The summed E-state index contributed by atoms with van der Waals surface area (Å²) in [6, 6.07) is 5.84. The Kier molecular flexibility index (Phi) is 2.16. The molecule has 0 fully saturated rings. The van der Waals surface area contributed by atoms with Crippen LogP contribution in [0.5, 0.6) is 0 Å². The lowest BCUT2D eigenvalue weighted by Gasteiger charge is -2.04. The van der Waals surface area contributed by atoms with Gasteiger partial charge in [-0.05, 0) is 12.1 Å². The largest absolute Gasteiger partial charge is 0.265 e. The highest BCUT2D eigenvalue weighted by Gasteiger charge is 2.12. The molecular weight excluding hydrogens is 289 g/mol. The van der Waals surface area contributed by atoms with Gasteiger partial charge in [-0.2, -0.15) is 5.10 Å². The molecule has 3 aromatic rings. The van der Waals surface area contributed by atoms with Gasteiger partial charge in [0.15, 0.2) is 0 Å². The summed E-state index contributed by atoms with van der Waals surface area (Å²) in [6.45, 7) is 0. The molecule has 0 saturated heterocycles. The van der Waals surface area contributed by atoms with E-state index in [0.29, 0.717) is 5.02 Å². The summed E-state index contributed by atoms with van der Waals surface area (Å²) in [5.74, 6) is 0. The molecule has 3 rings (SSSR count). The molecule has 0 aliphatic heterocycles. The van der Waals surface area contributed by atoms with Gasteiger partial charge >= 0.3 is 0 Å². The molecule has 1 aromatic carbocycles. The van der Waals surface area contributed by atoms with Crippen LogP contribution in [0.3, 0.4) is 0 Å². The first kappa shape index (κ1) is 10.1. The van der Waals surface area contributed by atoms with Crippen molar-refractivity contribution in [3.8, 4) is 0 Å². The summed E-state index contributed by atoms with van der Waals surface area (Å²) in [5.41, 5.74) is 2.55. The Hall–Kier alpha value is -1.13. The smallest absolute Gasteiger partial charge is 0.111 e. The molecule has 0 saturated carbocycles. The second-order valence-corrected chi connectivity index (χ2v) is 4.79. The van der Waals surface area contributed by atoms with E-state index in [-0.39, 0.29) is 0 Å². The van der Waals surface area contributed by atoms with Crippen LogP contribution in [-0.4, -0.2) is 14.8 Å². The lowest BCUT2D eigenvalue weighted by atomic mass is 10.2. The van der Waals surface area contributed by atoms with E-state index in [1.165, 1.54) is 0 Å². The lowest BCUT2D eigenvalue weighted by molar-refractivity contribution is 0.797. The quantitative estimate of drug-likeness (QED) is 0.635. The zero-order chi connectivity index (χ0) is 11.3. The van der Waals surface area contributed by atoms with Crippen LogP contribution >= 0.6 is 27.5 Å². The van der Waals surface area contributed by atoms with E-state index in [1.54, 1.807) is 10.9 Å². The van der Waals surface area contributed by atoms with Crippen molar-refractivity contribution in [3.63, 3.8) is 0 Å². The van der Waals surface area contributed by atoms with Gasteiger partial charge in [0.05, 0.1) is 16.7 Å². The molecular formula is C11H7BrClN3. The predicted molar refractivity (Wildman–Crippen MR) is 68.7 cm³/mol. The third-order valence-electron chi connectivity index (χ3n) is 2.58. The topological polar surface area (TPSA) is 30.7 Å². The van der Waals surface area contributed by atoms with Crippen LogP contribution in [0.1, 0.15) is 0 Å². The second kappa shape index (κ2) is 3.43. The first-order chi connectivity index (χ1) is 7.68. The average molecular weight is 297 g/mol. The number of halogens is 2. The highest BCUT2D eigenvalue weighted by Crippen LogP contribution is 2.34. The van der Waals surface area contributed by atoms with Crippen LogP contribution in [0.15, 0.2) is 28.9 Å². The highest BCUT2D eigenvalue weighted by molar-refractivity contribution is 9.10. The molecule has 3 nitrogen and oxygen atoms in total. The first-order valence-corrected chi connectivity index (χ1v) is 5.91. The number of pyridine rings is 1. The van der Waals surface area contributed by atoms with Crippen molar-refractivity contribution in [1.29, 1.82) is 0 Å². The summed E-state index contributed by atoms with van der Waals surface area (Å²) in [5, 5.41) is 5.78. The van der Waals surface area contributed by atoms with Crippen molar-refractivity contribution in [1.82, 2.24) is 14.8 Å². The Morgan fingerprint density at radius 3 is 2.94 bits per heavy atom. The monoisotopic (exact) mass is 295 g/mol. The van der Waals surface area contributed by atoms with Gasteiger partial charge in [0, 0.05) is 16.9 Å². The predicted octanol–water partition coefficient (Wildman–Crippen LogP) is 3.54. The molecule has 0 spiro atoms. The van der Waals surface area contributed by atoms with Gasteiger partial charge in [0.1, 0.15) is 11.0 Å². The number of rotatable bonds is 0. The molecule has 0 bridgehead atoms. The Bertz CT molecular complexity index is 705. The van der Waals surface area contributed by atoms with Crippen LogP contribution in [0.4, 0.5) is 0 Å². The third kappa shape index (κ3) is 1.26. The molecule has 5 heteroatoms. The minimum Gasteiger partial charge on any atom is -0.265 e. The van der Waals surface area contributed by atoms with E-state index in [9.17, 15) is 0 Å². The normalized spacial score (nSPS) is 11.4. The van der Waals surface area contributed by atoms with Crippen molar-refractivity contribution >= 4 is 49.5 Å². The number of benzene rings is 1. The maximum absolute atomic E-state index is 6.40.